The fraction of sp³-hybridized carbons (Fsp3) is 0.778. The Morgan fingerprint density at radius 1 is 0.692 bits per heavy atom. The molecule has 8 heteroatoms. The van der Waals surface area contributed by atoms with Gasteiger partial charge in [0.15, 0.2) is 0 Å². The van der Waals surface area contributed by atoms with E-state index in [1.165, 1.54) is 0 Å². The van der Waals surface area contributed by atoms with Crippen LogP contribution >= 0.6 is 0 Å². The second kappa shape index (κ2) is 12.3. The summed E-state index contributed by atoms with van der Waals surface area (Å²) < 4.78 is 0. The molecule has 0 aromatic heterocycles. The van der Waals surface area contributed by atoms with E-state index in [0.29, 0.717) is 25.7 Å². The van der Waals surface area contributed by atoms with Gasteiger partial charge in [-0.05, 0) is 37.5 Å². The van der Waals surface area contributed by atoms with Gasteiger partial charge in [-0.1, -0.05) is 27.7 Å². The molecule has 0 unspecified atom stereocenters. The van der Waals surface area contributed by atoms with Gasteiger partial charge in [-0.25, -0.2) is 9.59 Å². The van der Waals surface area contributed by atoms with Gasteiger partial charge < -0.3 is 20.8 Å². The molecule has 0 bridgehead atoms. The summed E-state index contributed by atoms with van der Waals surface area (Å²) in [6.07, 6.45) is 1.82. The fourth-order valence-electron chi connectivity index (χ4n) is 2.49. The van der Waals surface area contributed by atoms with Crippen molar-refractivity contribution in [3.05, 3.63) is 0 Å². The first-order valence-corrected chi connectivity index (χ1v) is 9.07. The lowest BCUT2D eigenvalue weighted by Gasteiger charge is -2.17. The minimum absolute atomic E-state index is 0.128. The van der Waals surface area contributed by atoms with Crippen molar-refractivity contribution in [2.45, 2.75) is 78.3 Å². The van der Waals surface area contributed by atoms with Gasteiger partial charge >= 0.3 is 11.9 Å². The third-order valence-electron chi connectivity index (χ3n) is 3.74. The summed E-state index contributed by atoms with van der Waals surface area (Å²) >= 11 is 0. The van der Waals surface area contributed by atoms with Crippen molar-refractivity contribution in [2.75, 3.05) is 0 Å². The lowest BCUT2D eigenvalue weighted by molar-refractivity contribution is -0.142. The lowest BCUT2D eigenvalue weighted by Crippen LogP contribution is -2.42. The van der Waals surface area contributed by atoms with Gasteiger partial charge in [0.2, 0.25) is 11.8 Å². The molecule has 0 aromatic carbocycles. The zero-order valence-corrected chi connectivity index (χ0v) is 16.1. The molecule has 4 N–H and O–H groups in total. The Morgan fingerprint density at radius 2 is 1.00 bits per heavy atom. The summed E-state index contributed by atoms with van der Waals surface area (Å²) in [5.41, 5.74) is 0. The minimum atomic E-state index is -1.06. The molecule has 0 fully saturated rings. The summed E-state index contributed by atoms with van der Waals surface area (Å²) in [5, 5.41) is 23.2. The van der Waals surface area contributed by atoms with Crippen molar-refractivity contribution in [3.63, 3.8) is 0 Å². The molecule has 0 saturated carbocycles. The van der Waals surface area contributed by atoms with Crippen LogP contribution in [0.25, 0.3) is 0 Å². The van der Waals surface area contributed by atoms with E-state index in [2.05, 4.69) is 10.6 Å². The molecule has 0 aliphatic heterocycles. The van der Waals surface area contributed by atoms with Crippen LogP contribution in [0.3, 0.4) is 0 Å². The van der Waals surface area contributed by atoms with Crippen LogP contribution in [-0.2, 0) is 19.2 Å². The standard InChI is InChI=1S/C18H32N2O6/c1-11(2)9-13(17(23)24)19-15(21)7-5-6-8-16(22)20-14(18(25)26)10-12(3)4/h11-14H,5-10H2,1-4H3,(H,19,21)(H,20,22)(H,23,24)(H,25,26)/t13-,14+. The normalized spacial score (nSPS) is 13.3. The predicted molar refractivity (Wildman–Crippen MR) is 96.5 cm³/mol. The number of nitrogens with one attached hydrogen (secondary N) is 2. The number of carboxylic acids is 2. The minimum Gasteiger partial charge on any atom is -0.480 e. The number of carbonyl (C=O) groups excluding carboxylic acids is 2. The van der Waals surface area contributed by atoms with E-state index < -0.39 is 24.0 Å². The second-order valence-corrected chi connectivity index (χ2v) is 7.38. The van der Waals surface area contributed by atoms with Crippen molar-refractivity contribution < 1.29 is 29.4 Å². The Bertz CT molecular complexity index is 446. The highest BCUT2D eigenvalue weighted by Crippen LogP contribution is 2.08. The SMILES string of the molecule is CC(C)C[C@H](NC(=O)CCCCC(=O)N[C@H](CC(C)C)C(=O)O)C(=O)O. The van der Waals surface area contributed by atoms with Gasteiger partial charge in [0.05, 0.1) is 0 Å². The average molecular weight is 372 g/mol. The zero-order valence-electron chi connectivity index (χ0n) is 16.1. The number of aliphatic carboxylic acids is 2. The van der Waals surface area contributed by atoms with Crippen LogP contribution in [0.4, 0.5) is 0 Å². The third kappa shape index (κ3) is 11.4. The number of carboxylic acid groups (broad SMARTS) is 2. The molecule has 0 radical (unpaired) electrons. The highest BCUT2D eigenvalue weighted by molar-refractivity contribution is 5.84. The number of rotatable bonds is 13. The Kier molecular flexibility index (Phi) is 11.3. The Balaban J connectivity index is 4.16. The number of carbonyl (C=O) groups is 4. The van der Waals surface area contributed by atoms with Crippen molar-refractivity contribution in [1.82, 2.24) is 10.6 Å². The smallest absolute Gasteiger partial charge is 0.326 e. The topological polar surface area (TPSA) is 133 Å². The van der Waals surface area contributed by atoms with Crippen LogP contribution in [0.1, 0.15) is 66.2 Å². The van der Waals surface area contributed by atoms with E-state index in [4.69, 9.17) is 10.2 Å². The van der Waals surface area contributed by atoms with E-state index in [1.807, 2.05) is 27.7 Å². The van der Waals surface area contributed by atoms with Crippen LogP contribution in [0.5, 0.6) is 0 Å². The first-order chi connectivity index (χ1) is 12.0. The molecule has 0 aliphatic carbocycles. The molecule has 0 spiro atoms. The summed E-state index contributed by atoms with van der Waals surface area (Å²) in [5.74, 6) is -2.54. The summed E-state index contributed by atoms with van der Waals surface area (Å²) in [4.78, 5) is 45.9. The van der Waals surface area contributed by atoms with E-state index in [1.54, 1.807) is 0 Å². The zero-order chi connectivity index (χ0) is 20.3. The van der Waals surface area contributed by atoms with E-state index in [-0.39, 0.29) is 36.5 Å². The molecule has 150 valence electrons. The van der Waals surface area contributed by atoms with Gasteiger partial charge in [0.1, 0.15) is 12.1 Å². The fourth-order valence-corrected chi connectivity index (χ4v) is 2.49. The van der Waals surface area contributed by atoms with Crippen LogP contribution in [0.2, 0.25) is 0 Å². The van der Waals surface area contributed by atoms with Gasteiger partial charge in [0, 0.05) is 12.8 Å². The number of hydrogen-bond acceptors (Lipinski definition) is 4. The average Bonchev–Trinajstić information content (AvgIpc) is 2.49. The Labute approximate surface area is 154 Å². The number of amides is 2. The van der Waals surface area contributed by atoms with E-state index in [0.717, 1.165) is 0 Å². The maximum Gasteiger partial charge on any atom is 0.326 e. The molecule has 0 aliphatic rings. The van der Waals surface area contributed by atoms with Crippen molar-refractivity contribution in [2.24, 2.45) is 11.8 Å². The maximum absolute atomic E-state index is 11.8. The van der Waals surface area contributed by atoms with Crippen molar-refractivity contribution in [3.8, 4) is 0 Å². The molecule has 0 aromatic rings. The second-order valence-electron chi connectivity index (χ2n) is 7.38. The third-order valence-corrected chi connectivity index (χ3v) is 3.74. The summed E-state index contributed by atoms with van der Waals surface area (Å²) in [6, 6.07) is -1.81. The Morgan fingerprint density at radius 3 is 1.23 bits per heavy atom. The molecule has 0 saturated heterocycles. The van der Waals surface area contributed by atoms with Gasteiger partial charge in [-0.3, -0.25) is 9.59 Å². The van der Waals surface area contributed by atoms with Gasteiger partial charge in [-0.15, -0.1) is 0 Å². The van der Waals surface area contributed by atoms with Crippen LogP contribution in [-0.4, -0.2) is 46.0 Å². The molecule has 26 heavy (non-hydrogen) atoms. The molecule has 0 heterocycles. The van der Waals surface area contributed by atoms with Crippen LogP contribution < -0.4 is 10.6 Å². The molecule has 8 nitrogen and oxygen atoms in total. The van der Waals surface area contributed by atoms with Gasteiger partial charge in [0.25, 0.3) is 0 Å². The van der Waals surface area contributed by atoms with Crippen molar-refractivity contribution >= 4 is 23.8 Å². The van der Waals surface area contributed by atoms with Crippen LogP contribution in [0.15, 0.2) is 0 Å². The molecular weight excluding hydrogens is 340 g/mol. The molecule has 0 rings (SSSR count). The number of unbranched alkanes of at least 4 members (excludes halogenated alkanes) is 1. The van der Waals surface area contributed by atoms with E-state index >= 15 is 0 Å². The highest BCUT2D eigenvalue weighted by Gasteiger charge is 2.22. The first-order valence-electron chi connectivity index (χ1n) is 9.07. The van der Waals surface area contributed by atoms with Gasteiger partial charge in [-0.2, -0.15) is 0 Å². The van der Waals surface area contributed by atoms with Crippen LogP contribution in [0, 0.1) is 11.8 Å². The quantitative estimate of drug-likeness (QED) is 0.364. The number of hydrogen-bond donors (Lipinski definition) is 4. The predicted octanol–water partition coefficient (Wildman–Crippen LogP) is 1.78. The molecule has 2 atom stereocenters. The molecular formula is C18H32N2O6. The largest absolute Gasteiger partial charge is 0.480 e. The lowest BCUT2D eigenvalue weighted by atomic mass is 10.0. The monoisotopic (exact) mass is 372 g/mol. The first kappa shape index (κ1) is 23.9. The summed E-state index contributed by atoms with van der Waals surface area (Å²) in [7, 11) is 0. The van der Waals surface area contributed by atoms with E-state index in [9.17, 15) is 19.2 Å². The highest BCUT2D eigenvalue weighted by atomic mass is 16.4. The van der Waals surface area contributed by atoms with Crippen molar-refractivity contribution in [1.29, 1.82) is 0 Å². The summed E-state index contributed by atoms with van der Waals surface area (Å²) in [6.45, 7) is 7.52. The maximum atomic E-state index is 11.8. The Hall–Kier alpha value is -2.12. The molecule has 2 amide bonds.